The molecular formula is C56H87NO7Si2. The van der Waals surface area contributed by atoms with Crippen molar-refractivity contribution in [1.29, 1.82) is 0 Å². The van der Waals surface area contributed by atoms with Gasteiger partial charge >= 0.3 is 6.09 Å². The van der Waals surface area contributed by atoms with Gasteiger partial charge in [0, 0.05) is 19.4 Å². The summed E-state index contributed by atoms with van der Waals surface area (Å²) in [5.41, 5.74) is 0.331. The molecule has 366 valence electrons. The Bertz CT molecular complexity index is 1960. The predicted molar refractivity (Wildman–Crippen MR) is 280 cm³/mol. The number of ether oxygens (including phenoxy) is 3. The van der Waals surface area contributed by atoms with E-state index < -0.39 is 28.0 Å². The number of methoxy groups -OCH3 is 1. The number of allylic oxidation sites excluding steroid dienone is 7. The van der Waals surface area contributed by atoms with Crippen LogP contribution in [0.5, 0.6) is 0 Å². The van der Waals surface area contributed by atoms with Crippen LogP contribution in [0.15, 0.2) is 120 Å². The molecule has 0 N–H and O–H groups in total. The highest BCUT2D eigenvalue weighted by atomic mass is 28.4. The molecule has 0 saturated carbocycles. The maximum absolute atomic E-state index is 13.5. The predicted octanol–water partition coefficient (Wildman–Crippen LogP) is 12.9. The van der Waals surface area contributed by atoms with Gasteiger partial charge in [-0.2, -0.15) is 0 Å². The first kappa shape index (κ1) is 56.7. The molecule has 0 aromatic heterocycles. The second-order valence-electron chi connectivity index (χ2n) is 22.4. The van der Waals surface area contributed by atoms with Crippen LogP contribution >= 0.6 is 0 Å². The first-order chi connectivity index (χ1) is 30.5. The summed E-state index contributed by atoms with van der Waals surface area (Å²) in [6.45, 7) is 38.3. The normalized spacial score (nSPS) is 20.5. The second-order valence-corrected chi connectivity index (χ2v) is 31.4. The number of amides is 1. The van der Waals surface area contributed by atoms with E-state index in [1.807, 2.05) is 47.6 Å². The van der Waals surface area contributed by atoms with Crippen molar-refractivity contribution in [2.24, 2.45) is 11.8 Å². The highest BCUT2D eigenvalue weighted by Gasteiger charge is 2.54. The van der Waals surface area contributed by atoms with Gasteiger partial charge in [-0.3, -0.25) is 9.69 Å². The van der Waals surface area contributed by atoms with E-state index in [1.54, 1.807) is 12.0 Å². The van der Waals surface area contributed by atoms with Crippen molar-refractivity contribution in [3.05, 3.63) is 120 Å². The highest BCUT2D eigenvalue weighted by Crippen LogP contribution is 2.43. The molecule has 1 aliphatic rings. The van der Waals surface area contributed by atoms with Crippen molar-refractivity contribution in [2.45, 2.75) is 189 Å². The number of hydrogen-bond acceptors (Lipinski definition) is 7. The van der Waals surface area contributed by atoms with Crippen LogP contribution in [0.25, 0.3) is 0 Å². The third-order valence-corrected chi connectivity index (χ3v) is 22.8. The fourth-order valence-electron chi connectivity index (χ4n) is 8.69. The number of carbonyl (C=O) groups is 2. The lowest BCUT2D eigenvalue weighted by Crippen LogP contribution is -2.67. The molecule has 66 heavy (non-hydrogen) atoms. The Morgan fingerprint density at radius 3 is 1.86 bits per heavy atom. The number of benzene rings is 2. The van der Waals surface area contributed by atoms with E-state index in [2.05, 4.69) is 186 Å². The van der Waals surface area contributed by atoms with Crippen LogP contribution in [0, 0.1) is 11.8 Å². The van der Waals surface area contributed by atoms with Gasteiger partial charge in [0.2, 0.25) is 0 Å². The van der Waals surface area contributed by atoms with Crippen molar-refractivity contribution in [2.75, 3.05) is 7.11 Å². The molecule has 1 aliphatic heterocycles. The Morgan fingerprint density at radius 1 is 0.818 bits per heavy atom. The number of aldehydes is 1. The summed E-state index contributed by atoms with van der Waals surface area (Å²) in [7, 11) is -3.38. The lowest BCUT2D eigenvalue weighted by atomic mass is 9.86. The average Bonchev–Trinajstić information content (AvgIpc) is 3.48. The average molecular weight is 942 g/mol. The van der Waals surface area contributed by atoms with Gasteiger partial charge in [0.25, 0.3) is 8.32 Å². The second kappa shape index (κ2) is 23.6. The fourth-order valence-corrected chi connectivity index (χ4v) is 14.8. The zero-order valence-electron chi connectivity index (χ0n) is 44.2. The molecule has 10 heteroatoms. The zero-order valence-corrected chi connectivity index (χ0v) is 46.2. The van der Waals surface area contributed by atoms with Gasteiger partial charge in [-0.15, -0.1) is 0 Å². The van der Waals surface area contributed by atoms with Crippen LogP contribution in [0.3, 0.4) is 0 Å². The largest absolute Gasteiger partial charge is 0.444 e. The van der Waals surface area contributed by atoms with E-state index in [9.17, 15) is 9.59 Å². The van der Waals surface area contributed by atoms with E-state index in [0.29, 0.717) is 18.4 Å². The van der Waals surface area contributed by atoms with E-state index in [0.717, 1.165) is 11.9 Å². The molecule has 1 saturated heterocycles. The minimum absolute atomic E-state index is 0.00695. The maximum Gasteiger partial charge on any atom is 0.412 e. The molecule has 1 amide bonds. The molecule has 7 atom stereocenters. The highest BCUT2D eigenvalue weighted by molar-refractivity contribution is 6.99. The Labute approximate surface area is 403 Å². The van der Waals surface area contributed by atoms with Crippen molar-refractivity contribution < 1.29 is 32.7 Å². The third-order valence-electron chi connectivity index (χ3n) is 13.3. The molecule has 0 radical (unpaired) electrons. The molecule has 3 rings (SSSR count). The number of rotatable bonds is 20. The lowest BCUT2D eigenvalue weighted by Gasteiger charge is -2.45. The molecule has 0 aliphatic carbocycles. The van der Waals surface area contributed by atoms with Gasteiger partial charge in [-0.25, -0.2) is 4.79 Å². The number of hydrogen-bond donors (Lipinski definition) is 0. The molecule has 1 heterocycles. The summed E-state index contributed by atoms with van der Waals surface area (Å²) in [6, 6.07) is 21.2. The zero-order chi connectivity index (χ0) is 49.9. The van der Waals surface area contributed by atoms with E-state index in [4.69, 9.17) is 23.1 Å². The maximum atomic E-state index is 13.5. The first-order valence-corrected chi connectivity index (χ1v) is 28.8. The Hall–Kier alpha value is -3.65. The third kappa shape index (κ3) is 15.2. The van der Waals surface area contributed by atoms with Gasteiger partial charge in [-0.05, 0) is 107 Å². The summed E-state index contributed by atoms with van der Waals surface area (Å²) in [4.78, 5) is 26.7. The molecule has 1 fully saturated rings. The molecule has 0 bridgehead atoms. The van der Waals surface area contributed by atoms with Gasteiger partial charge in [-0.1, -0.05) is 170 Å². The van der Waals surface area contributed by atoms with Gasteiger partial charge in [0.15, 0.2) is 8.32 Å². The van der Waals surface area contributed by atoms with Crippen molar-refractivity contribution in [3.8, 4) is 0 Å². The van der Waals surface area contributed by atoms with E-state index in [-0.39, 0.29) is 58.5 Å². The standard InChI is InChI=1S/C56H87NO7Si2/c1-41(35-37-43(3)50(64-65(18,19)54(9,10)11)44(4)51-45(5)57(56(15,16)61-51)52(59)62-53(6,7)8)29-23-20-24-30-47(39-46(60-17)38-36-42(2)40-58)63-66(55(12,13)14,48-31-25-21-26-32-48)49-33-27-22-28-34-49/h20-37,40,43-47,50-51H,38-39H2,1-19H3/b23-20+,30-24+,37-35+,41-29+,42-36-/t43-,44+,45-,46+,47-,50-,51+/m1/s1. The molecule has 2 aromatic rings. The van der Waals surface area contributed by atoms with Crippen molar-refractivity contribution in [1.82, 2.24) is 4.90 Å². The summed E-state index contributed by atoms with van der Waals surface area (Å²) in [5, 5.41) is 2.23. The monoisotopic (exact) mass is 942 g/mol. The smallest absolute Gasteiger partial charge is 0.412 e. The summed E-state index contributed by atoms with van der Waals surface area (Å²) >= 11 is 0. The lowest BCUT2D eigenvalue weighted by molar-refractivity contribution is -0.105. The van der Waals surface area contributed by atoms with Crippen LogP contribution in [0.1, 0.15) is 124 Å². The molecular weight excluding hydrogens is 855 g/mol. The first-order valence-electron chi connectivity index (χ1n) is 24.0. The van der Waals surface area contributed by atoms with E-state index >= 15 is 0 Å². The minimum atomic E-state index is -2.89. The van der Waals surface area contributed by atoms with Crippen LogP contribution in [0.2, 0.25) is 23.2 Å². The Morgan fingerprint density at radius 2 is 1.38 bits per heavy atom. The summed E-state index contributed by atoms with van der Waals surface area (Å²) in [5.74, 6) is 0.0192. The molecule has 8 nitrogen and oxygen atoms in total. The molecule has 2 aromatic carbocycles. The van der Waals surface area contributed by atoms with Crippen LogP contribution in [-0.2, 0) is 27.9 Å². The fraction of sp³-hybridized carbons (Fsp3) is 0.571. The topological polar surface area (TPSA) is 83.5 Å². The van der Waals surface area contributed by atoms with E-state index in [1.165, 1.54) is 10.4 Å². The molecule has 0 unspecified atom stereocenters. The Balaban J connectivity index is 1.97. The van der Waals surface area contributed by atoms with Crippen LogP contribution < -0.4 is 10.4 Å². The van der Waals surface area contributed by atoms with Crippen LogP contribution in [0.4, 0.5) is 4.79 Å². The molecule has 0 spiro atoms. The SMILES string of the molecule is CO[C@@H](C/C=C(/C)C=O)C[C@@H](/C=C/C=C/C=C(C)/C=C/[C@@H](C)[C@@H](O[Si](C)(C)C(C)(C)C)[C@H](C)[C@@H]1OC(C)(C)N(C(=O)OC(C)(C)C)[C@@H]1C)O[Si](c1ccccc1)(c1ccccc1)C(C)(C)C. The van der Waals surface area contributed by atoms with Crippen molar-refractivity contribution >= 4 is 39.4 Å². The minimum Gasteiger partial charge on any atom is -0.444 e. The quantitative estimate of drug-likeness (QED) is 0.0566. The summed E-state index contributed by atoms with van der Waals surface area (Å²) in [6.07, 6.45) is 17.7. The van der Waals surface area contributed by atoms with Gasteiger partial charge < -0.3 is 23.1 Å². The van der Waals surface area contributed by atoms with Crippen LogP contribution in [-0.4, -0.2) is 82.8 Å². The number of nitrogens with zero attached hydrogens (tertiary/aromatic N) is 1. The summed E-state index contributed by atoms with van der Waals surface area (Å²) < 4.78 is 33.5. The number of carbonyl (C=O) groups excluding carboxylic acids is 2. The Kier molecular flexibility index (Phi) is 20.2. The van der Waals surface area contributed by atoms with Crippen molar-refractivity contribution in [3.63, 3.8) is 0 Å². The van der Waals surface area contributed by atoms with Gasteiger partial charge in [0.05, 0.1) is 30.5 Å². The van der Waals surface area contributed by atoms with Gasteiger partial charge in [0.1, 0.15) is 17.6 Å².